The first-order valence-electron chi connectivity index (χ1n) is 10.5. The molecule has 1 aliphatic heterocycles. The molecule has 0 spiro atoms. The Balaban J connectivity index is 1.50. The Hall–Kier alpha value is -3.00. The largest absolute Gasteiger partial charge is 0.468 e. The fourth-order valence-electron chi connectivity index (χ4n) is 3.87. The van der Waals surface area contributed by atoms with Crippen molar-refractivity contribution in [3.8, 4) is 0 Å². The number of hydrogen-bond donors (Lipinski definition) is 1. The number of carbonyl (C=O) groups excluding carboxylic acids is 1. The van der Waals surface area contributed by atoms with Crippen LogP contribution in [0, 0.1) is 5.92 Å². The highest BCUT2D eigenvalue weighted by molar-refractivity contribution is 5.94. The van der Waals surface area contributed by atoms with Crippen LogP contribution in [-0.2, 0) is 19.5 Å². The zero-order valence-corrected chi connectivity index (χ0v) is 17.5. The van der Waals surface area contributed by atoms with Gasteiger partial charge in [0.1, 0.15) is 11.6 Å². The van der Waals surface area contributed by atoms with Crippen molar-refractivity contribution in [1.82, 2.24) is 30.0 Å². The SMILES string of the molecule is CC(C)C[C@@H](NC(=O)c1cccnc1)c1nnc2n1CCN(Cc1ccco1)CC2. The molecule has 0 aliphatic carbocycles. The standard InChI is InChI=1S/C22H28N6O2/c1-16(2)13-19(24-22(29)17-5-3-8-23-14-17)21-26-25-20-7-9-27(10-11-28(20)21)15-18-6-4-12-30-18/h3-6,8,12,14,16,19H,7,9-11,13,15H2,1-2H3,(H,24,29)/t19-/m1/s1. The van der Waals surface area contributed by atoms with E-state index in [2.05, 4.69) is 43.8 Å². The summed E-state index contributed by atoms with van der Waals surface area (Å²) in [5, 5.41) is 12.1. The lowest BCUT2D eigenvalue weighted by Gasteiger charge is -2.22. The first kappa shape index (κ1) is 20.3. The van der Waals surface area contributed by atoms with Crippen LogP contribution >= 0.6 is 0 Å². The van der Waals surface area contributed by atoms with E-state index >= 15 is 0 Å². The summed E-state index contributed by atoms with van der Waals surface area (Å²) in [4.78, 5) is 19.2. The molecule has 3 aromatic heterocycles. The first-order valence-corrected chi connectivity index (χ1v) is 10.5. The molecule has 158 valence electrons. The number of nitrogens with one attached hydrogen (secondary N) is 1. The van der Waals surface area contributed by atoms with Gasteiger partial charge in [0.05, 0.1) is 24.4 Å². The summed E-state index contributed by atoms with van der Waals surface area (Å²) < 4.78 is 7.68. The molecule has 0 saturated carbocycles. The minimum Gasteiger partial charge on any atom is -0.468 e. The van der Waals surface area contributed by atoms with Gasteiger partial charge in [-0.1, -0.05) is 13.8 Å². The van der Waals surface area contributed by atoms with Crippen LogP contribution in [0.1, 0.15) is 54.1 Å². The molecule has 1 N–H and O–H groups in total. The normalized spacial score (nSPS) is 15.6. The number of pyridine rings is 1. The maximum Gasteiger partial charge on any atom is 0.253 e. The molecule has 8 heteroatoms. The summed E-state index contributed by atoms with van der Waals surface area (Å²) in [7, 11) is 0. The molecule has 4 rings (SSSR count). The maximum atomic E-state index is 12.8. The van der Waals surface area contributed by atoms with Gasteiger partial charge in [0.15, 0.2) is 5.82 Å². The molecule has 30 heavy (non-hydrogen) atoms. The van der Waals surface area contributed by atoms with Gasteiger partial charge in [-0.05, 0) is 36.6 Å². The summed E-state index contributed by atoms with van der Waals surface area (Å²) in [6, 6.07) is 7.26. The Bertz CT molecular complexity index is 951. The monoisotopic (exact) mass is 408 g/mol. The topological polar surface area (TPSA) is 89.1 Å². The molecule has 3 aromatic rings. The van der Waals surface area contributed by atoms with Gasteiger partial charge in [-0.2, -0.15) is 0 Å². The number of furan rings is 1. The minimum atomic E-state index is -0.199. The van der Waals surface area contributed by atoms with Crippen LogP contribution in [0.15, 0.2) is 47.3 Å². The Morgan fingerprint density at radius 1 is 1.20 bits per heavy atom. The van der Waals surface area contributed by atoms with E-state index in [0.29, 0.717) is 11.5 Å². The highest BCUT2D eigenvalue weighted by atomic mass is 16.3. The smallest absolute Gasteiger partial charge is 0.253 e. The second-order valence-corrected chi connectivity index (χ2v) is 8.13. The Labute approximate surface area is 176 Å². The van der Waals surface area contributed by atoms with Crippen molar-refractivity contribution in [2.75, 3.05) is 13.1 Å². The van der Waals surface area contributed by atoms with Crippen molar-refractivity contribution in [2.24, 2.45) is 5.92 Å². The number of hydrogen-bond acceptors (Lipinski definition) is 6. The molecule has 0 radical (unpaired) electrons. The predicted octanol–water partition coefficient (Wildman–Crippen LogP) is 2.84. The van der Waals surface area contributed by atoms with E-state index in [1.807, 2.05) is 12.1 Å². The molecule has 0 bridgehead atoms. The predicted molar refractivity (Wildman–Crippen MR) is 112 cm³/mol. The number of rotatable bonds is 7. The summed E-state index contributed by atoms with van der Waals surface area (Å²) in [5.74, 6) is 3.03. The lowest BCUT2D eigenvalue weighted by atomic mass is 10.0. The summed E-state index contributed by atoms with van der Waals surface area (Å²) in [5.41, 5.74) is 0.548. The molecule has 8 nitrogen and oxygen atoms in total. The van der Waals surface area contributed by atoms with Crippen molar-refractivity contribution in [2.45, 2.75) is 45.8 Å². The maximum absolute atomic E-state index is 12.8. The van der Waals surface area contributed by atoms with Gasteiger partial charge in [0.2, 0.25) is 0 Å². The third-order valence-electron chi connectivity index (χ3n) is 5.35. The van der Waals surface area contributed by atoms with E-state index in [-0.39, 0.29) is 11.9 Å². The van der Waals surface area contributed by atoms with Gasteiger partial charge in [-0.15, -0.1) is 10.2 Å². The van der Waals surface area contributed by atoms with Gasteiger partial charge in [0.25, 0.3) is 5.91 Å². The lowest BCUT2D eigenvalue weighted by molar-refractivity contribution is 0.0928. The number of carbonyl (C=O) groups is 1. The van der Waals surface area contributed by atoms with Crippen LogP contribution < -0.4 is 5.32 Å². The average molecular weight is 409 g/mol. The van der Waals surface area contributed by atoms with Crippen LogP contribution in [0.2, 0.25) is 0 Å². The van der Waals surface area contributed by atoms with Crippen molar-refractivity contribution in [1.29, 1.82) is 0 Å². The summed E-state index contributed by atoms with van der Waals surface area (Å²) in [6.07, 6.45) is 6.56. The third kappa shape index (κ3) is 4.76. The Morgan fingerprint density at radius 3 is 2.83 bits per heavy atom. The van der Waals surface area contributed by atoms with E-state index in [1.54, 1.807) is 30.8 Å². The van der Waals surface area contributed by atoms with Gasteiger partial charge in [-0.3, -0.25) is 14.7 Å². The van der Waals surface area contributed by atoms with Gasteiger partial charge >= 0.3 is 0 Å². The quantitative estimate of drug-likeness (QED) is 0.647. The zero-order chi connectivity index (χ0) is 20.9. The van der Waals surface area contributed by atoms with E-state index < -0.39 is 0 Å². The van der Waals surface area contributed by atoms with Gasteiger partial charge < -0.3 is 14.3 Å². The van der Waals surface area contributed by atoms with E-state index in [4.69, 9.17) is 4.42 Å². The fraction of sp³-hybridized carbons (Fsp3) is 0.455. The van der Waals surface area contributed by atoms with Crippen molar-refractivity contribution >= 4 is 5.91 Å². The van der Waals surface area contributed by atoms with Crippen LogP contribution in [0.4, 0.5) is 0 Å². The number of nitrogens with zero attached hydrogens (tertiary/aromatic N) is 5. The Morgan fingerprint density at radius 2 is 2.10 bits per heavy atom. The zero-order valence-electron chi connectivity index (χ0n) is 17.5. The molecular weight excluding hydrogens is 380 g/mol. The molecule has 1 aliphatic rings. The van der Waals surface area contributed by atoms with Crippen LogP contribution in [0.25, 0.3) is 0 Å². The lowest BCUT2D eigenvalue weighted by Crippen LogP contribution is -2.32. The van der Waals surface area contributed by atoms with Crippen LogP contribution in [0.5, 0.6) is 0 Å². The third-order valence-corrected chi connectivity index (χ3v) is 5.35. The first-order chi connectivity index (χ1) is 14.6. The van der Waals surface area contributed by atoms with Crippen LogP contribution in [0.3, 0.4) is 0 Å². The summed E-state index contributed by atoms with van der Waals surface area (Å²) >= 11 is 0. The van der Waals surface area contributed by atoms with Crippen molar-refractivity contribution < 1.29 is 9.21 Å². The van der Waals surface area contributed by atoms with Crippen molar-refractivity contribution in [3.05, 3.63) is 65.9 Å². The molecule has 4 heterocycles. The van der Waals surface area contributed by atoms with E-state index in [1.165, 1.54) is 0 Å². The number of fused-ring (bicyclic) bond motifs is 1. The van der Waals surface area contributed by atoms with E-state index in [9.17, 15) is 4.79 Å². The number of aromatic nitrogens is 4. The van der Waals surface area contributed by atoms with Gasteiger partial charge in [0, 0.05) is 38.4 Å². The second-order valence-electron chi connectivity index (χ2n) is 8.13. The Kier molecular flexibility index (Phi) is 6.23. The molecule has 0 aromatic carbocycles. The molecule has 0 fully saturated rings. The molecule has 0 unspecified atom stereocenters. The van der Waals surface area contributed by atoms with Crippen molar-refractivity contribution in [3.63, 3.8) is 0 Å². The summed E-state index contributed by atoms with van der Waals surface area (Å²) in [6.45, 7) is 7.64. The molecular formula is C22H28N6O2. The fourth-order valence-corrected chi connectivity index (χ4v) is 3.87. The minimum absolute atomic E-state index is 0.140. The second kappa shape index (κ2) is 9.21. The van der Waals surface area contributed by atoms with E-state index in [0.717, 1.165) is 56.4 Å². The highest BCUT2D eigenvalue weighted by Crippen LogP contribution is 2.23. The highest BCUT2D eigenvalue weighted by Gasteiger charge is 2.26. The number of amides is 1. The average Bonchev–Trinajstić information content (AvgIpc) is 3.35. The molecule has 1 amide bonds. The van der Waals surface area contributed by atoms with Crippen LogP contribution in [-0.4, -0.2) is 43.6 Å². The molecule has 0 saturated heterocycles. The molecule has 1 atom stereocenters. The van der Waals surface area contributed by atoms with Gasteiger partial charge in [-0.25, -0.2) is 0 Å².